The number of carbonyl (C=O) groups is 1. The number of rotatable bonds is 4. The Morgan fingerprint density at radius 2 is 1.92 bits per heavy atom. The zero-order valence-corrected chi connectivity index (χ0v) is 14.6. The van der Waals surface area contributed by atoms with Gasteiger partial charge in [0.2, 0.25) is 10.0 Å². The van der Waals surface area contributed by atoms with Crippen LogP contribution in [0, 0.1) is 5.82 Å². The molecular weight excluding hydrogens is 347 g/mol. The third kappa shape index (κ3) is 3.72. The van der Waals surface area contributed by atoms with Crippen LogP contribution in [0.5, 0.6) is 0 Å². The Hall–Kier alpha value is -2.26. The number of hydrogen-bond acceptors (Lipinski definition) is 4. The number of benzene rings is 1. The van der Waals surface area contributed by atoms with Crippen LogP contribution in [0.25, 0.3) is 0 Å². The highest BCUT2D eigenvalue weighted by atomic mass is 32.2. The average Bonchev–Trinajstić information content (AvgIpc) is 3.00. The van der Waals surface area contributed by atoms with Gasteiger partial charge in [-0.1, -0.05) is 6.42 Å². The lowest BCUT2D eigenvalue weighted by Crippen LogP contribution is -2.36. The predicted molar refractivity (Wildman–Crippen MR) is 90.2 cm³/mol. The summed E-state index contributed by atoms with van der Waals surface area (Å²) in [6, 6.07) is 4.94. The molecule has 3 rings (SSSR count). The molecule has 1 fully saturated rings. The summed E-state index contributed by atoms with van der Waals surface area (Å²) in [6.45, 7) is 0.734. The van der Waals surface area contributed by atoms with Gasteiger partial charge in [0, 0.05) is 38.0 Å². The van der Waals surface area contributed by atoms with E-state index < -0.39 is 26.6 Å². The Labute approximate surface area is 145 Å². The van der Waals surface area contributed by atoms with Crippen molar-refractivity contribution >= 4 is 21.7 Å². The fourth-order valence-electron chi connectivity index (χ4n) is 2.76. The number of sulfonamides is 1. The van der Waals surface area contributed by atoms with Gasteiger partial charge in [-0.15, -0.1) is 0 Å². The third-order valence-corrected chi connectivity index (χ3v) is 6.00. The first-order valence-corrected chi connectivity index (χ1v) is 9.42. The molecule has 0 atom stereocenters. The van der Waals surface area contributed by atoms with Gasteiger partial charge in [0.25, 0.3) is 5.91 Å². The first kappa shape index (κ1) is 17.6. The molecule has 1 aliphatic rings. The molecule has 1 saturated heterocycles. The van der Waals surface area contributed by atoms with Gasteiger partial charge in [0.1, 0.15) is 10.7 Å². The van der Waals surface area contributed by atoms with Crippen LogP contribution in [0.3, 0.4) is 0 Å². The van der Waals surface area contributed by atoms with E-state index in [2.05, 4.69) is 10.4 Å². The summed E-state index contributed by atoms with van der Waals surface area (Å²) < 4.78 is 42.3. The van der Waals surface area contributed by atoms with E-state index in [1.54, 1.807) is 19.3 Å². The van der Waals surface area contributed by atoms with Crippen molar-refractivity contribution < 1.29 is 17.6 Å². The predicted octanol–water partition coefficient (Wildman–Crippen LogP) is 1.99. The standard InChI is InChI=1S/C16H19FN4O3S/c1-20-10-7-15(19-20)18-16(22)12-5-6-13(17)14(11-12)25(23,24)21-8-3-2-4-9-21/h5-7,10-11H,2-4,8-9H2,1H3,(H,18,19,22). The highest BCUT2D eigenvalue weighted by Gasteiger charge is 2.29. The van der Waals surface area contributed by atoms with Gasteiger partial charge in [-0.05, 0) is 31.0 Å². The molecular formula is C16H19FN4O3S. The van der Waals surface area contributed by atoms with Crippen LogP contribution >= 0.6 is 0 Å². The maximum Gasteiger partial charge on any atom is 0.256 e. The molecule has 134 valence electrons. The molecule has 0 saturated carbocycles. The number of piperidine rings is 1. The number of aryl methyl sites for hydroxylation is 1. The van der Waals surface area contributed by atoms with E-state index in [1.807, 2.05) is 0 Å². The molecule has 1 aromatic heterocycles. The molecule has 2 aromatic rings. The molecule has 9 heteroatoms. The fourth-order valence-corrected chi connectivity index (χ4v) is 4.36. The maximum absolute atomic E-state index is 14.2. The lowest BCUT2D eigenvalue weighted by atomic mass is 10.2. The number of aromatic nitrogens is 2. The highest BCUT2D eigenvalue weighted by Crippen LogP contribution is 2.24. The summed E-state index contributed by atoms with van der Waals surface area (Å²) in [7, 11) is -2.25. The van der Waals surface area contributed by atoms with E-state index >= 15 is 0 Å². The molecule has 1 N–H and O–H groups in total. The van der Waals surface area contributed by atoms with Gasteiger partial charge in [0.15, 0.2) is 5.82 Å². The summed E-state index contributed by atoms with van der Waals surface area (Å²) in [5.41, 5.74) is 0.0580. The third-order valence-electron chi connectivity index (χ3n) is 4.08. The molecule has 0 aliphatic carbocycles. The van der Waals surface area contributed by atoms with Crippen molar-refractivity contribution in [2.45, 2.75) is 24.2 Å². The van der Waals surface area contributed by atoms with Crippen LogP contribution in [0.1, 0.15) is 29.6 Å². The second-order valence-corrected chi connectivity index (χ2v) is 7.85. The summed E-state index contributed by atoms with van der Waals surface area (Å²) in [6.07, 6.45) is 4.12. The molecule has 2 heterocycles. The van der Waals surface area contributed by atoms with Crippen molar-refractivity contribution in [3.63, 3.8) is 0 Å². The van der Waals surface area contributed by atoms with Gasteiger partial charge in [-0.3, -0.25) is 9.48 Å². The smallest absolute Gasteiger partial charge is 0.256 e. The van der Waals surface area contributed by atoms with Gasteiger partial charge in [-0.2, -0.15) is 9.40 Å². The normalized spacial score (nSPS) is 15.9. The Kier molecular flexibility index (Phi) is 4.87. The average molecular weight is 366 g/mol. The Balaban J connectivity index is 1.88. The minimum Gasteiger partial charge on any atom is -0.305 e. The van der Waals surface area contributed by atoms with Gasteiger partial charge in [0.05, 0.1) is 0 Å². The van der Waals surface area contributed by atoms with Crippen LogP contribution in [-0.2, 0) is 17.1 Å². The first-order valence-electron chi connectivity index (χ1n) is 7.98. The highest BCUT2D eigenvalue weighted by molar-refractivity contribution is 7.89. The zero-order valence-electron chi connectivity index (χ0n) is 13.8. The SMILES string of the molecule is Cn1ccc(NC(=O)c2ccc(F)c(S(=O)(=O)N3CCCCC3)c2)n1. The molecule has 0 radical (unpaired) electrons. The number of nitrogens with one attached hydrogen (secondary N) is 1. The van der Waals surface area contributed by atoms with Crippen LogP contribution in [0.15, 0.2) is 35.4 Å². The molecule has 1 aromatic carbocycles. The Morgan fingerprint density at radius 1 is 1.20 bits per heavy atom. The van der Waals surface area contributed by atoms with E-state index in [0.29, 0.717) is 18.9 Å². The van der Waals surface area contributed by atoms with E-state index in [4.69, 9.17) is 0 Å². The second-order valence-electron chi connectivity index (χ2n) is 5.94. The van der Waals surface area contributed by atoms with Crippen molar-refractivity contribution in [1.82, 2.24) is 14.1 Å². The van der Waals surface area contributed by atoms with Crippen molar-refractivity contribution in [2.24, 2.45) is 7.05 Å². The molecule has 7 nitrogen and oxygen atoms in total. The molecule has 1 aliphatic heterocycles. The van der Waals surface area contributed by atoms with Crippen LogP contribution < -0.4 is 5.32 Å². The number of halogens is 1. The monoisotopic (exact) mass is 366 g/mol. The van der Waals surface area contributed by atoms with E-state index in [-0.39, 0.29) is 5.56 Å². The van der Waals surface area contributed by atoms with Crippen molar-refractivity contribution in [3.05, 3.63) is 41.8 Å². The number of nitrogens with zero attached hydrogens (tertiary/aromatic N) is 3. The van der Waals surface area contributed by atoms with Crippen LogP contribution in [-0.4, -0.2) is 41.5 Å². The lowest BCUT2D eigenvalue weighted by Gasteiger charge is -2.26. The largest absolute Gasteiger partial charge is 0.305 e. The van der Waals surface area contributed by atoms with Crippen molar-refractivity contribution in [1.29, 1.82) is 0 Å². The van der Waals surface area contributed by atoms with Gasteiger partial charge < -0.3 is 5.32 Å². The Morgan fingerprint density at radius 3 is 2.56 bits per heavy atom. The van der Waals surface area contributed by atoms with E-state index in [9.17, 15) is 17.6 Å². The van der Waals surface area contributed by atoms with E-state index in [0.717, 1.165) is 31.4 Å². The molecule has 0 bridgehead atoms. The second kappa shape index (κ2) is 6.93. The number of carbonyl (C=O) groups excluding carboxylic acids is 1. The minimum absolute atomic E-state index is 0.0580. The molecule has 1 amide bonds. The zero-order chi connectivity index (χ0) is 18.0. The number of anilines is 1. The summed E-state index contributed by atoms with van der Waals surface area (Å²) in [5.74, 6) is -1.08. The van der Waals surface area contributed by atoms with Crippen molar-refractivity contribution in [2.75, 3.05) is 18.4 Å². The molecule has 0 spiro atoms. The first-order chi connectivity index (χ1) is 11.9. The summed E-state index contributed by atoms with van der Waals surface area (Å²) in [4.78, 5) is 11.8. The quantitative estimate of drug-likeness (QED) is 0.897. The summed E-state index contributed by atoms with van der Waals surface area (Å²) >= 11 is 0. The van der Waals surface area contributed by atoms with Crippen LogP contribution in [0.2, 0.25) is 0 Å². The number of amides is 1. The van der Waals surface area contributed by atoms with E-state index in [1.165, 1.54) is 15.1 Å². The topological polar surface area (TPSA) is 84.3 Å². The van der Waals surface area contributed by atoms with Crippen molar-refractivity contribution in [3.8, 4) is 0 Å². The van der Waals surface area contributed by atoms with Crippen LogP contribution in [0.4, 0.5) is 10.2 Å². The minimum atomic E-state index is -3.96. The Bertz CT molecular complexity index is 889. The fraction of sp³-hybridized carbons (Fsp3) is 0.375. The lowest BCUT2D eigenvalue weighted by molar-refractivity contribution is 0.102. The van der Waals surface area contributed by atoms with Gasteiger partial charge >= 0.3 is 0 Å². The molecule has 0 unspecified atom stereocenters. The summed E-state index contributed by atoms with van der Waals surface area (Å²) in [5, 5.41) is 6.58. The van der Waals surface area contributed by atoms with Gasteiger partial charge in [-0.25, -0.2) is 12.8 Å². The number of hydrogen-bond donors (Lipinski definition) is 1. The maximum atomic E-state index is 14.2. The molecule has 25 heavy (non-hydrogen) atoms.